The van der Waals surface area contributed by atoms with Gasteiger partial charge in [-0.3, -0.25) is 4.79 Å². The molecule has 1 amide bonds. The van der Waals surface area contributed by atoms with Crippen molar-refractivity contribution >= 4 is 46.2 Å². The van der Waals surface area contributed by atoms with Crippen molar-refractivity contribution in [3.8, 4) is 0 Å². The smallest absolute Gasteiger partial charge is 0.335 e. The van der Waals surface area contributed by atoms with Crippen molar-refractivity contribution in [3.05, 3.63) is 70.9 Å². The number of carbonyl (C=O) groups is 3. The zero-order valence-corrected chi connectivity index (χ0v) is 18.7. The average Bonchev–Trinajstić information content (AvgIpc) is 3.26. The third kappa shape index (κ3) is 3.69. The second-order valence-corrected chi connectivity index (χ2v) is 7.80. The average molecular weight is 445 g/mol. The topological polar surface area (TPSA) is 101 Å². The van der Waals surface area contributed by atoms with Crippen LogP contribution in [0.15, 0.2) is 59.2 Å². The highest BCUT2D eigenvalue weighted by molar-refractivity contribution is 6.32. The first-order valence-corrected chi connectivity index (χ1v) is 10.4. The van der Waals surface area contributed by atoms with Gasteiger partial charge < -0.3 is 14.4 Å². The molecule has 1 aliphatic rings. The maximum absolute atomic E-state index is 13.2. The van der Waals surface area contributed by atoms with Crippen LogP contribution in [0.25, 0.3) is 17.0 Å². The summed E-state index contributed by atoms with van der Waals surface area (Å²) in [6.45, 7) is 5.43. The lowest BCUT2D eigenvalue weighted by molar-refractivity contribution is -0.143. The molecule has 0 saturated heterocycles. The van der Waals surface area contributed by atoms with Crippen LogP contribution in [0.1, 0.15) is 41.5 Å². The summed E-state index contributed by atoms with van der Waals surface area (Å²) >= 11 is 0. The van der Waals surface area contributed by atoms with Crippen molar-refractivity contribution in [3.63, 3.8) is 0 Å². The van der Waals surface area contributed by atoms with Gasteiger partial charge in [0, 0.05) is 22.2 Å². The van der Waals surface area contributed by atoms with Gasteiger partial charge in [-0.15, -0.1) is 0 Å². The number of carboxylic acid groups (broad SMARTS) is 1. The van der Waals surface area contributed by atoms with Crippen molar-refractivity contribution in [1.82, 2.24) is 4.57 Å². The first-order chi connectivity index (χ1) is 15.7. The van der Waals surface area contributed by atoms with Crippen LogP contribution in [0.3, 0.4) is 0 Å². The fourth-order valence-electron chi connectivity index (χ4n) is 4.12. The number of anilines is 1. The summed E-state index contributed by atoms with van der Waals surface area (Å²) in [4.78, 5) is 36.6. The van der Waals surface area contributed by atoms with E-state index >= 15 is 0 Å². The van der Waals surface area contributed by atoms with Crippen LogP contribution >= 0.6 is 0 Å². The molecule has 2 heterocycles. The van der Waals surface area contributed by atoms with Gasteiger partial charge in [0.1, 0.15) is 6.04 Å². The number of carboxylic acids is 1. The van der Waals surface area contributed by atoms with Crippen LogP contribution in [0.2, 0.25) is 0 Å². The Morgan fingerprint density at radius 3 is 2.39 bits per heavy atom. The fourth-order valence-corrected chi connectivity index (χ4v) is 4.12. The van der Waals surface area contributed by atoms with Crippen LogP contribution in [-0.4, -0.2) is 40.3 Å². The third-order valence-corrected chi connectivity index (χ3v) is 5.84. The Hall–Kier alpha value is -4.20. The number of aromatic nitrogens is 1. The van der Waals surface area contributed by atoms with E-state index in [4.69, 9.17) is 9.84 Å². The summed E-state index contributed by atoms with van der Waals surface area (Å²) in [6, 6.07) is 13.1. The Bertz CT molecular complexity index is 1350. The molecular weight excluding hydrogens is 422 g/mol. The zero-order valence-electron chi connectivity index (χ0n) is 18.7. The summed E-state index contributed by atoms with van der Waals surface area (Å²) in [5, 5.41) is 15.7. The van der Waals surface area contributed by atoms with Crippen molar-refractivity contribution in [1.29, 1.82) is 0 Å². The van der Waals surface area contributed by atoms with Crippen LogP contribution in [0, 0.1) is 6.92 Å². The number of benzene rings is 2. The zero-order chi connectivity index (χ0) is 23.9. The predicted octanol–water partition coefficient (Wildman–Crippen LogP) is 4.19. The second-order valence-electron chi connectivity index (χ2n) is 7.80. The molecule has 1 N–H and O–H groups in total. The molecule has 8 heteroatoms. The molecule has 4 rings (SSSR count). The molecule has 1 unspecified atom stereocenters. The number of para-hydroxylation sites is 1. The van der Waals surface area contributed by atoms with Gasteiger partial charge in [-0.25, -0.2) is 9.59 Å². The molecule has 3 aromatic rings. The molecule has 0 radical (unpaired) electrons. The molecule has 1 atom stereocenters. The molecule has 0 fully saturated rings. The van der Waals surface area contributed by atoms with Crippen LogP contribution in [0.5, 0.6) is 0 Å². The number of fused-ring (bicyclic) bond motifs is 1. The number of methoxy groups -OCH3 is 1. The molecule has 1 aliphatic heterocycles. The standard InChI is InChI=1S/C25H23N3O5/c1-14-20(23(29)28(26-14)18-11-9-17(10-12-18)24(30)31)13-21-15(2)27(16(3)25(32)33-4)22-8-6-5-7-19(21)22/h5-13,16H,1-4H3,(H,30,31)/b20-13-. The largest absolute Gasteiger partial charge is 0.478 e. The minimum atomic E-state index is -1.04. The highest BCUT2D eigenvalue weighted by atomic mass is 16.5. The minimum absolute atomic E-state index is 0.130. The quantitative estimate of drug-likeness (QED) is 0.469. The number of amides is 1. The van der Waals surface area contributed by atoms with E-state index in [0.29, 0.717) is 17.0 Å². The number of rotatable bonds is 5. The number of aromatic carboxylic acids is 1. The van der Waals surface area contributed by atoms with Gasteiger partial charge in [0.2, 0.25) is 0 Å². The van der Waals surface area contributed by atoms with E-state index in [2.05, 4.69) is 5.10 Å². The lowest BCUT2D eigenvalue weighted by Gasteiger charge is -2.15. The van der Waals surface area contributed by atoms with E-state index in [1.54, 1.807) is 32.1 Å². The Morgan fingerprint density at radius 1 is 1.09 bits per heavy atom. The number of ether oxygens (including phenoxy) is 1. The molecule has 2 aromatic carbocycles. The number of nitrogens with zero attached hydrogens (tertiary/aromatic N) is 3. The van der Waals surface area contributed by atoms with Gasteiger partial charge >= 0.3 is 11.9 Å². The van der Waals surface area contributed by atoms with Crippen LogP contribution in [-0.2, 0) is 14.3 Å². The number of hydrogen-bond donors (Lipinski definition) is 1. The predicted molar refractivity (Wildman–Crippen MR) is 125 cm³/mol. The molecule has 33 heavy (non-hydrogen) atoms. The van der Waals surface area contributed by atoms with E-state index in [9.17, 15) is 14.4 Å². The van der Waals surface area contributed by atoms with Crippen LogP contribution < -0.4 is 5.01 Å². The fraction of sp³-hybridized carbons (Fsp3) is 0.200. The number of esters is 1. The Balaban J connectivity index is 1.78. The van der Waals surface area contributed by atoms with Gasteiger partial charge in [0.25, 0.3) is 5.91 Å². The minimum Gasteiger partial charge on any atom is -0.478 e. The Kier molecular flexibility index (Phi) is 5.59. The van der Waals surface area contributed by atoms with E-state index in [-0.39, 0.29) is 17.4 Å². The molecule has 0 spiro atoms. The van der Waals surface area contributed by atoms with Gasteiger partial charge in [0.15, 0.2) is 0 Å². The second kappa shape index (κ2) is 8.38. The lowest BCUT2D eigenvalue weighted by Crippen LogP contribution is -2.21. The maximum Gasteiger partial charge on any atom is 0.335 e. The molecule has 0 aliphatic carbocycles. The summed E-state index contributed by atoms with van der Waals surface area (Å²) < 4.78 is 6.85. The molecule has 168 valence electrons. The summed E-state index contributed by atoms with van der Waals surface area (Å²) in [5.74, 6) is -1.71. The number of hydrogen-bond acceptors (Lipinski definition) is 5. The molecular formula is C25H23N3O5. The van der Waals surface area contributed by atoms with Gasteiger partial charge in [-0.05, 0) is 57.2 Å². The Morgan fingerprint density at radius 2 is 1.76 bits per heavy atom. The normalized spacial score (nSPS) is 15.8. The molecule has 0 bridgehead atoms. The third-order valence-electron chi connectivity index (χ3n) is 5.84. The summed E-state index contributed by atoms with van der Waals surface area (Å²) in [5.41, 5.74) is 4.08. The number of carbonyl (C=O) groups excluding carboxylic acids is 2. The van der Waals surface area contributed by atoms with E-state index in [1.807, 2.05) is 35.8 Å². The summed E-state index contributed by atoms with van der Waals surface area (Å²) in [6.07, 6.45) is 1.80. The molecule has 0 saturated carbocycles. The summed E-state index contributed by atoms with van der Waals surface area (Å²) in [7, 11) is 1.36. The van der Waals surface area contributed by atoms with Crippen molar-refractivity contribution in [2.75, 3.05) is 12.1 Å². The van der Waals surface area contributed by atoms with Gasteiger partial charge in [-0.2, -0.15) is 10.1 Å². The van der Waals surface area contributed by atoms with Crippen molar-refractivity contribution < 1.29 is 24.2 Å². The molecule has 8 nitrogen and oxygen atoms in total. The monoisotopic (exact) mass is 445 g/mol. The van der Waals surface area contributed by atoms with E-state index in [1.165, 1.54) is 24.3 Å². The van der Waals surface area contributed by atoms with E-state index in [0.717, 1.165) is 22.2 Å². The molecule has 1 aromatic heterocycles. The highest BCUT2D eigenvalue weighted by Crippen LogP contribution is 2.33. The van der Waals surface area contributed by atoms with Crippen molar-refractivity contribution in [2.24, 2.45) is 5.10 Å². The maximum atomic E-state index is 13.2. The Labute approximate surface area is 190 Å². The number of hydrazone groups is 1. The first-order valence-electron chi connectivity index (χ1n) is 10.4. The van der Waals surface area contributed by atoms with Gasteiger partial charge in [0.05, 0.1) is 29.6 Å². The van der Waals surface area contributed by atoms with Crippen molar-refractivity contribution in [2.45, 2.75) is 26.8 Å². The SMILES string of the molecule is COC(=O)C(C)n1c(C)c(/C=C2\C(=O)N(c3ccc(C(=O)O)cc3)N=C2C)c2ccccc21. The van der Waals surface area contributed by atoms with E-state index < -0.39 is 12.0 Å². The first kappa shape index (κ1) is 22.0. The highest BCUT2D eigenvalue weighted by Gasteiger charge is 2.30. The van der Waals surface area contributed by atoms with Gasteiger partial charge in [-0.1, -0.05) is 18.2 Å². The lowest BCUT2D eigenvalue weighted by atomic mass is 10.0. The van der Waals surface area contributed by atoms with Crippen LogP contribution in [0.4, 0.5) is 5.69 Å².